The minimum atomic E-state index is -0.292. The van der Waals surface area contributed by atoms with Crippen molar-refractivity contribution in [1.29, 1.82) is 0 Å². The van der Waals surface area contributed by atoms with Crippen LogP contribution in [0.4, 0.5) is 0 Å². The zero-order chi connectivity index (χ0) is 14.0. The van der Waals surface area contributed by atoms with Crippen LogP contribution in [0.1, 0.15) is 17.3 Å². The predicted octanol–water partition coefficient (Wildman–Crippen LogP) is 2.98. The minimum absolute atomic E-state index is 0.292. The van der Waals surface area contributed by atoms with Crippen LogP contribution in [-0.2, 0) is 13.5 Å². The Morgan fingerprint density at radius 2 is 2.00 bits per heavy atom. The quantitative estimate of drug-likeness (QED) is 0.944. The van der Waals surface area contributed by atoms with Crippen molar-refractivity contribution < 1.29 is 4.74 Å². The Morgan fingerprint density at radius 3 is 2.58 bits per heavy atom. The first kappa shape index (κ1) is 14.2. The molecular formula is C13H15Cl2N3O. The molecular weight excluding hydrogens is 285 g/mol. The van der Waals surface area contributed by atoms with Crippen LogP contribution in [0.25, 0.3) is 0 Å². The number of rotatable bonds is 4. The third-order valence-electron chi connectivity index (χ3n) is 3.01. The number of nitrogens with two attached hydrogens (primary N) is 1. The van der Waals surface area contributed by atoms with Crippen LogP contribution < -0.4 is 10.5 Å². The first-order chi connectivity index (χ1) is 9.04. The molecule has 0 bridgehead atoms. The zero-order valence-electron chi connectivity index (χ0n) is 10.7. The van der Waals surface area contributed by atoms with Crippen molar-refractivity contribution in [2.45, 2.75) is 12.5 Å². The molecule has 0 aliphatic heterocycles. The summed E-state index contributed by atoms with van der Waals surface area (Å²) in [5.74, 6) is 0.665. The molecule has 4 nitrogen and oxygen atoms in total. The van der Waals surface area contributed by atoms with E-state index in [-0.39, 0.29) is 6.04 Å². The lowest BCUT2D eigenvalue weighted by atomic mass is 10.0. The van der Waals surface area contributed by atoms with E-state index >= 15 is 0 Å². The van der Waals surface area contributed by atoms with E-state index in [0.717, 1.165) is 11.3 Å². The molecule has 6 heteroatoms. The monoisotopic (exact) mass is 299 g/mol. The highest BCUT2D eigenvalue weighted by Gasteiger charge is 2.19. The lowest BCUT2D eigenvalue weighted by molar-refractivity contribution is 0.402. The summed E-state index contributed by atoms with van der Waals surface area (Å²) in [6.07, 6.45) is 2.16. The van der Waals surface area contributed by atoms with E-state index in [1.54, 1.807) is 30.1 Å². The fraction of sp³-hybridized carbons (Fsp3) is 0.308. The molecule has 0 aliphatic carbocycles. The van der Waals surface area contributed by atoms with E-state index in [1.165, 1.54) is 0 Å². The smallest absolute Gasteiger partial charge is 0.161 e. The molecule has 2 N–H and O–H groups in total. The number of aromatic nitrogens is 2. The number of hydrogen-bond donors (Lipinski definition) is 1. The molecule has 2 rings (SSSR count). The molecule has 0 fully saturated rings. The maximum Gasteiger partial charge on any atom is 0.161 e. The lowest BCUT2D eigenvalue weighted by Gasteiger charge is -2.15. The van der Waals surface area contributed by atoms with E-state index < -0.39 is 0 Å². The maximum atomic E-state index is 6.23. The van der Waals surface area contributed by atoms with Gasteiger partial charge >= 0.3 is 0 Å². The van der Waals surface area contributed by atoms with Gasteiger partial charge in [0.25, 0.3) is 0 Å². The highest BCUT2D eigenvalue weighted by Crippen LogP contribution is 2.31. The Bertz CT molecular complexity index is 563. The van der Waals surface area contributed by atoms with Crippen LogP contribution >= 0.6 is 23.2 Å². The van der Waals surface area contributed by atoms with Gasteiger partial charge in [0.2, 0.25) is 0 Å². The van der Waals surface area contributed by atoms with Crippen molar-refractivity contribution in [3.05, 3.63) is 45.7 Å². The second kappa shape index (κ2) is 5.82. The van der Waals surface area contributed by atoms with E-state index in [1.807, 2.05) is 13.1 Å². The second-order valence-electron chi connectivity index (χ2n) is 4.23. The Labute approximate surface area is 122 Å². The molecule has 1 heterocycles. The lowest BCUT2D eigenvalue weighted by Crippen LogP contribution is -2.18. The van der Waals surface area contributed by atoms with Crippen molar-refractivity contribution in [2.24, 2.45) is 12.8 Å². The van der Waals surface area contributed by atoms with Gasteiger partial charge in [-0.3, -0.25) is 4.68 Å². The Hall–Kier alpha value is -1.23. The first-order valence-electron chi connectivity index (χ1n) is 5.79. The summed E-state index contributed by atoms with van der Waals surface area (Å²) in [6.45, 7) is 0. The van der Waals surface area contributed by atoms with Gasteiger partial charge in [-0.1, -0.05) is 29.3 Å². The van der Waals surface area contributed by atoms with Crippen LogP contribution in [0.5, 0.6) is 5.75 Å². The SMILES string of the molecule is COc1cnn(C)c1C(N)Cc1c(Cl)cccc1Cl. The Balaban J connectivity index is 2.31. The number of methoxy groups -OCH3 is 1. The molecule has 102 valence electrons. The number of aryl methyl sites for hydroxylation is 1. The van der Waals surface area contributed by atoms with Crippen LogP contribution in [0.3, 0.4) is 0 Å². The molecule has 0 aliphatic rings. The molecule has 0 saturated heterocycles. The summed E-state index contributed by atoms with van der Waals surface area (Å²) in [4.78, 5) is 0. The summed E-state index contributed by atoms with van der Waals surface area (Å²) in [6, 6.07) is 5.12. The van der Waals surface area contributed by atoms with Crippen LogP contribution in [0.15, 0.2) is 24.4 Å². The number of benzene rings is 1. The van der Waals surface area contributed by atoms with Gasteiger partial charge in [-0.25, -0.2) is 0 Å². The largest absolute Gasteiger partial charge is 0.493 e. The average Bonchev–Trinajstić information content (AvgIpc) is 2.75. The molecule has 1 aromatic carbocycles. The minimum Gasteiger partial charge on any atom is -0.493 e. The van der Waals surface area contributed by atoms with Crippen molar-refractivity contribution >= 4 is 23.2 Å². The third kappa shape index (κ3) is 2.86. The molecule has 1 atom stereocenters. The summed E-state index contributed by atoms with van der Waals surface area (Å²) in [5.41, 5.74) is 7.88. The fourth-order valence-corrected chi connectivity index (χ4v) is 2.60. The number of hydrogen-bond acceptors (Lipinski definition) is 3. The van der Waals surface area contributed by atoms with Crippen molar-refractivity contribution in [3.63, 3.8) is 0 Å². The van der Waals surface area contributed by atoms with Gasteiger partial charge in [-0.05, 0) is 24.1 Å². The molecule has 19 heavy (non-hydrogen) atoms. The molecule has 2 aromatic rings. The standard InChI is InChI=1S/C13H15Cl2N3O/c1-18-13(12(19-2)7-17-18)11(16)6-8-9(14)4-3-5-10(8)15/h3-5,7,11H,6,16H2,1-2H3. The molecule has 1 unspecified atom stereocenters. The zero-order valence-corrected chi connectivity index (χ0v) is 12.2. The first-order valence-corrected chi connectivity index (χ1v) is 6.54. The van der Waals surface area contributed by atoms with Gasteiger partial charge in [0.15, 0.2) is 5.75 Å². The van der Waals surface area contributed by atoms with Gasteiger partial charge < -0.3 is 10.5 Å². The second-order valence-corrected chi connectivity index (χ2v) is 5.05. The predicted molar refractivity (Wildman–Crippen MR) is 76.9 cm³/mol. The number of ether oxygens (including phenoxy) is 1. The number of nitrogens with zero attached hydrogens (tertiary/aromatic N) is 2. The van der Waals surface area contributed by atoms with E-state index in [0.29, 0.717) is 22.2 Å². The molecule has 0 radical (unpaired) electrons. The molecule has 0 saturated carbocycles. The van der Waals surface area contributed by atoms with Crippen LogP contribution in [0.2, 0.25) is 10.0 Å². The summed E-state index contributed by atoms with van der Waals surface area (Å²) < 4.78 is 6.96. The van der Waals surface area contributed by atoms with Crippen molar-refractivity contribution in [2.75, 3.05) is 7.11 Å². The highest BCUT2D eigenvalue weighted by atomic mass is 35.5. The van der Waals surface area contributed by atoms with Crippen molar-refractivity contribution in [1.82, 2.24) is 9.78 Å². The Kier molecular flexibility index (Phi) is 4.34. The van der Waals surface area contributed by atoms with Crippen LogP contribution in [0, 0.1) is 0 Å². The van der Waals surface area contributed by atoms with E-state index in [2.05, 4.69) is 5.10 Å². The van der Waals surface area contributed by atoms with Gasteiger partial charge in [0.1, 0.15) is 0 Å². The van der Waals surface area contributed by atoms with E-state index in [4.69, 9.17) is 33.7 Å². The Morgan fingerprint density at radius 1 is 1.37 bits per heavy atom. The molecule has 0 amide bonds. The average molecular weight is 300 g/mol. The van der Waals surface area contributed by atoms with Gasteiger partial charge in [-0.2, -0.15) is 5.10 Å². The fourth-order valence-electron chi connectivity index (χ4n) is 2.05. The maximum absolute atomic E-state index is 6.23. The molecule has 1 aromatic heterocycles. The van der Waals surface area contributed by atoms with E-state index in [9.17, 15) is 0 Å². The van der Waals surface area contributed by atoms with Crippen LogP contribution in [-0.4, -0.2) is 16.9 Å². The van der Waals surface area contributed by atoms with Crippen molar-refractivity contribution in [3.8, 4) is 5.75 Å². The van der Waals surface area contributed by atoms with Gasteiger partial charge in [-0.15, -0.1) is 0 Å². The van der Waals surface area contributed by atoms with Gasteiger partial charge in [0.05, 0.1) is 25.0 Å². The molecule has 0 spiro atoms. The summed E-state index contributed by atoms with van der Waals surface area (Å²) >= 11 is 12.3. The summed E-state index contributed by atoms with van der Waals surface area (Å²) in [7, 11) is 3.42. The normalized spacial score (nSPS) is 12.5. The topological polar surface area (TPSA) is 53.1 Å². The van der Waals surface area contributed by atoms with Gasteiger partial charge in [0, 0.05) is 17.1 Å². The third-order valence-corrected chi connectivity index (χ3v) is 3.71. The highest BCUT2D eigenvalue weighted by molar-refractivity contribution is 6.36. The summed E-state index contributed by atoms with van der Waals surface area (Å²) in [5, 5.41) is 5.37. The number of halogens is 2.